The average molecular weight is 268 g/mol. The fourth-order valence-corrected chi connectivity index (χ4v) is 2.91. The monoisotopic (exact) mass is 268 g/mol. The van der Waals surface area contributed by atoms with Gasteiger partial charge in [0.2, 0.25) is 0 Å². The zero-order chi connectivity index (χ0) is 13.1. The van der Waals surface area contributed by atoms with Crippen LogP contribution in [-0.2, 0) is 6.42 Å². The molecule has 19 heavy (non-hydrogen) atoms. The predicted octanol–water partition coefficient (Wildman–Crippen LogP) is 3.93. The molecule has 0 aliphatic carbocycles. The quantitative estimate of drug-likeness (QED) is 0.778. The molecule has 0 aliphatic heterocycles. The number of benzene rings is 1. The summed E-state index contributed by atoms with van der Waals surface area (Å²) >= 11 is 1.79. The minimum absolute atomic E-state index is 0.00621. The summed E-state index contributed by atoms with van der Waals surface area (Å²) in [7, 11) is 0. The van der Waals surface area contributed by atoms with Crippen molar-refractivity contribution in [2.24, 2.45) is 5.73 Å². The maximum Gasteiger partial charge on any atom is 0.0706 e. The molecule has 0 saturated heterocycles. The third-order valence-corrected chi connectivity index (χ3v) is 4.22. The van der Waals surface area contributed by atoms with E-state index in [0.717, 1.165) is 29.4 Å². The van der Waals surface area contributed by atoms with Crippen LogP contribution in [0.25, 0.3) is 10.9 Å². The molecule has 3 heteroatoms. The Morgan fingerprint density at radius 1 is 1.05 bits per heavy atom. The zero-order valence-corrected chi connectivity index (χ0v) is 11.4. The molecule has 1 aromatic carbocycles. The number of para-hydroxylation sites is 1. The number of thiophene rings is 1. The van der Waals surface area contributed by atoms with Crippen molar-refractivity contribution in [2.75, 3.05) is 0 Å². The van der Waals surface area contributed by atoms with Crippen LogP contribution in [0.3, 0.4) is 0 Å². The number of fused-ring (bicyclic) bond motifs is 1. The number of rotatable bonds is 4. The van der Waals surface area contributed by atoms with E-state index in [1.165, 1.54) is 4.88 Å². The van der Waals surface area contributed by atoms with E-state index in [1.807, 2.05) is 24.3 Å². The zero-order valence-electron chi connectivity index (χ0n) is 10.6. The summed E-state index contributed by atoms with van der Waals surface area (Å²) in [5.74, 6) is 0. The lowest BCUT2D eigenvalue weighted by molar-refractivity contribution is 0.639. The van der Waals surface area contributed by atoms with Gasteiger partial charge in [-0.3, -0.25) is 4.98 Å². The van der Waals surface area contributed by atoms with Gasteiger partial charge in [0, 0.05) is 16.3 Å². The number of aromatic nitrogens is 1. The minimum atomic E-state index is 0.00621. The Balaban J connectivity index is 1.75. The molecule has 0 spiro atoms. The lowest BCUT2D eigenvalue weighted by Gasteiger charge is -2.11. The van der Waals surface area contributed by atoms with Crippen LogP contribution in [0.1, 0.15) is 23.0 Å². The molecule has 0 aliphatic rings. The third kappa shape index (κ3) is 2.83. The van der Waals surface area contributed by atoms with E-state index < -0.39 is 0 Å². The molecule has 0 radical (unpaired) electrons. The number of hydrogen-bond acceptors (Lipinski definition) is 3. The minimum Gasteiger partial charge on any atom is -0.323 e. The second kappa shape index (κ2) is 5.51. The summed E-state index contributed by atoms with van der Waals surface area (Å²) in [6.45, 7) is 0. The largest absolute Gasteiger partial charge is 0.323 e. The molecular weight excluding hydrogens is 252 g/mol. The van der Waals surface area contributed by atoms with Crippen molar-refractivity contribution in [3.8, 4) is 0 Å². The highest BCUT2D eigenvalue weighted by atomic mass is 32.1. The van der Waals surface area contributed by atoms with E-state index >= 15 is 0 Å². The molecule has 1 atom stereocenters. The summed E-state index contributed by atoms with van der Waals surface area (Å²) in [4.78, 5) is 6.04. The Labute approximate surface area is 116 Å². The van der Waals surface area contributed by atoms with E-state index in [2.05, 4.69) is 34.6 Å². The second-order valence-electron chi connectivity index (χ2n) is 4.65. The first-order valence-corrected chi connectivity index (χ1v) is 7.34. The number of pyridine rings is 1. The van der Waals surface area contributed by atoms with Gasteiger partial charge in [-0.25, -0.2) is 0 Å². The lowest BCUT2D eigenvalue weighted by Crippen LogP contribution is -2.12. The number of nitrogens with two attached hydrogens (primary N) is 1. The fraction of sp³-hybridized carbons (Fsp3) is 0.188. The van der Waals surface area contributed by atoms with Crippen LogP contribution in [-0.4, -0.2) is 4.98 Å². The van der Waals surface area contributed by atoms with Crippen molar-refractivity contribution in [3.63, 3.8) is 0 Å². The molecule has 0 amide bonds. The molecule has 96 valence electrons. The van der Waals surface area contributed by atoms with E-state index in [4.69, 9.17) is 5.73 Å². The Kier molecular flexibility index (Phi) is 3.58. The highest BCUT2D eigenvalue weighted by Gasteiger charge is 2.08. The van der Waals surface area contributed by atoms with Gasteiger partial charge >= 0.3 is 0 Å². The van der Waals surface area contributed by atoms with Gasteiger partial charge in [-0.2, -0.15) is 0 Å². The molecule has 3 aromatic rings. The molecule has 3 rings (SSSR count). The van der Waals surface area contributed by atoms with Crippen LogP contribution < -0.4 is 5.73 Å². The van der Waals surface area contributed by atoms with Crippen LogP contribution in [0.2, 0.25) is 0 Å². The Bertz CT molecular complexity index is 661. The van der Waals surface area contributed by atoms with E-state index in [0.29, 0.717) is 0 Å². The van der Waals surface area contributed by atoms with Crippen LogP contribution in [0, 0.1) is 0 Å². The molecule has 1 unspecified atom stereocenters. The van der Waals surface area contributed by atoms with Crippen molar-refractivity contribution in [2.45, 2.75) is 18.9 Å². The maximum absolute atomic E-state index is 6.24. The molecule has 2 N–H and O–H groups in total. The SMILES string of the molecule is NC(CCc1cccs1)c1ccc2ccccc2n1. The molecule has 0 bridgehead atoms. The second-order valence-corrected chi connectivity index (χ2v) is 5.69. The van der Waals surface area contributed by atoms with Crippen molar-refractivity contribution in [3.05, 3.63) is 64.5 Å². The average Bonchev–Trinajstić information content (AvgIpc) is 2.97. The first-order valence-electron chi connectivity index (χ1n) is 6.46. The Morgan fingerprint density at radius 2 is 1.95 bits per heavy atom. The molecule has 0 fully saturated rings. The summed E-state index contributed by atoms with van der Waals surface area (Å²) in [6, 6.07) is 16.5. The van der Waals surface area contributed by atoms with Gasteiger partial charge in [0.05, 0.1) is 11.2 Å². The van der Waals surface area contributed by atoms with Gasteiger partial charge in [-0.1, -0.05) is 30.3 Å². The summed E-state index contributed by atoms with van der Waals surface area (Å²) in [5.41, 5.74) is 8.25. The highest BCUT2D eigenvalue weighted by Crippen LogP contribution is 2.20. The number of aryl methyl sites for hydroxylation is 1. The van der Waals surface area contributed by atoms with Crippen molar-refractivity contribution in [1.29, 1.82) is 0 Å². The molecular formula is C16H16N2S. The van der Waals surface area contributed by atoms with E-state index in [9.17, 15) is 0 Å². The summed E-state index contributed by atoms with van der Waals surface area (Å²) in [5, 5.41) is 3.27. The fourth-order valence-electron chi connectivity index (χ4n) is 2.19. The van der Waals surface area contributed by atoms with E-state index in [-0.39, 0.29) is 6.04 Å². The number of nitrogens with zero attached hydrogens (tertiary/aromatic N) is 1. The highest BCUT2D eigenvalue weighted by molar-refractivity contribution is 7.09. The predicted molar refractivity (Wildman–Crippen MR) is 81.3 cm³/mol. The maximum atomic E-state index is 6.24. The molecule has 2 aromatic heterocycles. The first kappa shape index (κ1) is 12.3. The van der Waals surface area contributed by atoms with Gasteiger partial charge < -0.3 is 5.73 Å². The number of hydrogen-bond donors (Lipinski definition) is 1. The van der Waals surface area contributed by atoms with Gasteiger partial charge in [0.25, 0.3) is 0 Å². The lowest BCUT2D eigenvalue weighted by atomic mass is 10.1. The third-order valence-electron chi connectivity index (χ3n) is 3.28. The van der Waals surface area contributed by atoms with Gasteiger partial charge in [0.15, 0.2) is 0 Å². The molecule has 2 nitrogen and oxygen atoms in total. The van der Waals surface area contributed by atoms with E-state index in [1.54, 1.807) is 11.3 Å². The first-order chi connectivity index (χ1) is 9.33. The van der Waals surface area contributed by atoms with Crippen LogP contribution in [0.4, 0.5) is 0 Å². The van der Waals surface area contributed by atoms with Gasteiger partial charge in [0.1, 0.15) is 0 Å². The summed E-state index contributed by atoms with van der Waals surface area (Å²) < 4.78 is 0. The van der Waals surface area contributed by atoms with Crippen LogP contribution >= 0.6 is 11.3 Å². The topological polar surface area (TPSA) is 38.9 Å². The van der Waals surface area contributed by atoms with Gasteiger partial charge in [-0.05, 0) is 36.4 Å². The normalized spacial score (nSPS) is 12.7. The standard InChI is InChI=1S/C16H16N2S/c17-14(9-8-13-5-3-11-19-13)16-10-7-12-4-1-2-6-15(12)18-16/h1-7,10-11,14H,8-9,17H2. The molecule has 0 saturated carbocycles. The Morgan fingerprint density at radius 3 is 2.79 bits per heavy atom. The summed E-state index contributed by atoms with van der Waals surface area (Å²) in [6.07, 6.45) is 1.96. The van der Waals surface area contributed by atoms with Gasteiger partial charge in [-0.15, -0.1) is 11.3 Å². The van der Waals surface area contributed by atoms with Crippen molar-refractivity contribution >= 4 is 22.2 Å². The molecule has 2 heterocycles. The van der Waals surface area contributed by atoms with Crippen molar-refractivity contribution < 1.29 is 0 Å². The smallest absolute Gasteiger partial charge is 0.0706 e. The van der Waals surface area contributed by atoms with Crippen molar-refractivity contribution in [1.82, 2.24) is 4.98 Å². The Hall–Kier alpha value is -1.71. The van der Waals surface area contributed by atoms with Crippen LogP contribution in [0.5, 0.6) is 0 Å². The van der Waals surface area contributed by atoms with Crippen LogP contribution in [0.15, 0.2) is 53.9 Å².